The van der Waals surface area contributed by atoms with Crippen LogP contribution in [-0.2, 0) is 0 Å². The van der Waals surface area contributed by atoms with Gasteiger partial charge >= 0.3 is 0 Å². The molecule has 0 aliphatic carbocycles. The van der Waals surface area contributed by atoms with Gasteiger partial charge in [-0.05, 0) is 23.7 Å². The quantitative estimate of drug-likeness (QED) is 0.604. The molecular formula is C9H6N4S. The average molecular weight is 202 g/mol. The molecule has 0 saturated carbocycles. The molecule has 0 N–H and O–H groups in total. The molecule has 3 heterocycles. The van der Waals surface area contributed by atoms with E-state index in [0.29, 0.717) is 0 Å². The minimum atomic E-state index is 0.857. The van der Waals surface area contributed by atoms with Crippen molar-refractivity contribution in [3.05, 3.63) is 36.8 Å². The monoisotopic (exact) mass is 202 g/mol. The molecule has 0 radical (unpaired) electrons. The zero-order valence-corrected chi connectivity index (χ0v) is 7.98. The van der Waals surface area contributed by atoms with Gasteiger partial charge in [0.15, 0.2) is 5.65 Å². The number of rotatable bonds is 1. The van der Waals surface area contributed by atoms with Gasteiger partial charge < -0.3 is 0 Å². The van der Waals surface area contributed by atoms with Gasteiger partial charge in [0.05, 0.1) is 16.8 Å². The maximum absolute atomic E-state index is 4.45. The average Bonchev–Trinajstić information content (AvgIpc) is 2.88. The predicted molar refractivity (Wildman–Crippen MR) is 54.1 cm³/mol. The first kappa shape index (κ1) is 7.64. The van der Waals surface area contributed by atoms with Crippen LogP contribution in [0.2, 0.25) is 0 Å². The lowest BCUT2D eigenvalue weighted by molar-refractivity contribution is 0.941. The third kappa shape index (κ3) is 1.10. The van der Waals surface area contributed by atoms with Gasteiger partial charge in [-0.25, -0.2) is 13.9 Å². The number of hydrogen-bond acceptors (Lipinski definition) is 4. The van der Waals surface area contributed by atoms with E-state index in [0.717, 1.165) is 16.2 Å². The highest BCUT2D eigenvalue weighted by molar-refractivity contribution is 7.09. The Labute approximate surface area is 84.0 Å². The Morgan fingerprint density at radius 1 is 1.14 bits per heavy atom. The first-order chi connectivity index (χ1) is 6.93. The second-order valence-corrected chi connectivity index (χ2v) is 3.66. The summed E-state index contributed by atoms with van der Waals surface area (Å²) in [5.41, 5.74) is 1.80. The van der Waals surface area contributed by atoms with Crippen LogP contribution in [0.15, 0.2) is 36.8 Å². The molecule has 3 aromatic rings. The van der Waals surface area contributed by atoms with Crippen LogP contribution in [0.4, 0.5) is 0 Å². The van der Waals surface area contributed by atoms with Crippen LogP contribution in [-0.4, -0.2) is 19.0 Å². The third-order valence-corrected chi connectivity index (χ3v) is 2.72. The molecule has 0 spiro atoms. The Kier molecular flexibility index (Phi) is 1.57. The second kappa shape index (κ2) is 2.88. The first-order valence-corrected chi connectivity index (χ1v) is 4.92. The van der Waals surface area contributed by atoms with Gasteiger partial charge in [-0.15, -0.1) is 0 Å². The molecule has 3 aromatic heterocycles. The lowest BCUT2D eigenvalue weighted by Crippen LogP contribution is -1.89. The van der Waals surface area contributed by atoms with Crippen molar-refractivity contribution in [2.45, 2.75) is 0 Å². The van der Waals surface area contributed by atoms with E-state index in [-0.39, 0.29) is 0 Å². The lowest BCUT2D eigenvalue weighted by atomic mass is 10.3. The van der Waals surface area contributed by atoms with Crippen molar-refractivity contribution in [2.24, 2.45) is 0 Å². The van der Waals surface area contributed by atoms with Crippen LogP contribution in [0.3, 0.4) is 0 Å². The summed E-state index contributed by atoms with van der Waals surface area (Å²) in [5.74, 6) is 0. The van der Waals surface area contributed by atoms with Crippen LogP contribution < -0.4 is 0 Å². The highest BCUT2D eigenvalue weighted by Gasteiger charge is 2.02. The standard InChI is InChI=1S/C9H6N4S/c1-5-11-14-8(1)7-3-6-13-9(12-7)2-4-10-13/h1-6H. The highest BCUT2D eigenvalue weighted by Crippen LogP contribution is 2.20. The molecule has 4 nitrogen and oxygen atoms in total. The van der Waals surface area contributed by atoms with E-state index in [1.54, 1.807) is 16.9 Å². The van der Waals surface area contributed by atoms with Gasteiger partial charge in [0.2, 0.25) is 0 Å². The molecule has 0 atom stereocenters. The largest absolute Gasteiger partial charge is 0.228 e. The normalized spacial score (nSPS) is 10.9. The number of hydrogen-bond donors (Lipinski definition) is 0. The molecule has 0 amide bonds. The van der Waals surface area contributed by atoms with Gasteiger partial charge in [-0.1, -0.05) is 0 Å². The van der Waals surface area contributed by atoms with E-state index >= 15 is 0 Å². The molecule has 0 unspecified atom stereocenters. The third-order valence-electron chi connectivity index (χ3n) is 1.95. The molecule has 0 aliphatic rings. The summed E-state index contributed by atoms with van der Waals surface area (Å²) >= 11 is 1.45. The summed E-state index contributed by atoms with van der Waals surface area (Å²) in [5, 5.41) is 4.08. The Morgan fingerprint density at radius 2 is 2.14 bits per heavy atom. The van der Waals surface area contributed by atoms with Crippen molar-refractivity contribution in [3.8, 4) is 10.6 Å². The van der Waals surface area contributed by atoms with Gasteiger partial charge in [-0.2, -0.15) is 5.10 Å². The number of nitrogens with zero attached hydrogens (tertiary/aromatic N) is 4. The number of fused-ring (bicyclic) bond motifs is 1. The highest BCUT2D eigenvalue weighted by atomic mass is 32.1. The SMILES string of the molecule is c1cc(-c2ccn3nccc3n2)sn1. The molecule has 3 rings (SSSR count). The minimum Gasteiger partial charge on any atom is -0.228 e. The van der Waals surface area contributed by atoms with E-state index in [1.165, 1.54) is 11.5 Å². The Balaban J connectivity index is 2.23. The van der Waals surface area contributed by atoms with Crippen LogP contribution in [0.25, 0.3) is 16.2 Å². The van der Waals surface area contributed by atoms with Crippen LogP contribution in [0.5, 0.6) is 0 Å². The van der Waals surface area contributed by atoms with E-state index in [4.69, 9.17) is 0 Å². The van der Waals surface area contributed by atoms with E-state index in [9.17, 15) is 0 Å². The summed E-state index contributed by atoms with van der Waals surface area (Å²) in [6.07, 6.45) is 5.42. The van der Waals surface area contributed by atoms with Crippen LogP contribution in [0.1, 0.15) is 0 Å². The first-order valence-electron chi connectivity index (χ1n) is 4.15. The minimum absolute atomic E-state index is 0.857. The topological polar surface area (TPSA) is 43.1 Å². The van der Waals surface area contributed by atoms with Crippen molar-refractivity contribution in [1.82, 2.24) is 19.0 Å². The summed E-state index contributed by atoms with van der Waals surface area (Å²) in [6.45, 7) is 0. The van der Waals surface area contributed by atoms with Crippen molar-refractivity contribution in [3.63, 3.8) is 0 Å². The summed E-state index contributed by atoms with van der Waals surface area (Å²) in [6, 6.07) is 5.78. The predicted octanol–water partition coefficient (Wildman–Crippen LogP) is 1.85. The summed E-state index contributed by atoms with van der Waals surface area (Å²) in [7, 11) is 0. The zero-order valence-electron chi connectivity index (χ0n) is 7.16. The molecule has 0 aliphatic heterocycles. The smallest absolute Gasteiger partial charge is 0.155 e. The van der Waals surface area contributed by atoms with Gasteiger partial charge in [0.1, 0.15) is 0 Å². The summed E-state index contributed by atoms with van der Waals surface area (Å²) in [4.78, 5) is 5.53. The van der Waals surface area contributed by atoms with E-state index < -0.39 is 0 Å². The fourth-order valence-electron chi connectivity index (χ4n) is 1.30. The maximum Gasteiger partial charge on any atom is 0.155 e. The molecular weight excluding hydrogens is 196 g/mol. The van der Waals surface area contributed by atoms with E-state index in [1.807, 2.05) is 24.4 Å². The Hall–Kier alpha value is -1.75. The number of aromatic nitrogens is 4. The maximum atomic E-state index is 4.45. The summed E-state index contributed by atoms with van der Waals surface area (Å²) < 4.78 is 5.79. The van der Waals surface area contributed by atoms with Crippen LogP contribution >= 0.6 is 11.5 Å². The molecule has 68 valence electrons. The molecule has 0 aromatic carbocycles. The molecule has 5 heteroatoms. The molecule has 0 saturated heterocycles. The van der Waals surface area contributed by atoms with Crippen LogP contribution in [0, 0.1) is 0 Å². The zero-order chi connectivity index (χ0) is 9.38. The lowest BCUT2D eigenvalue weighted by Gasteiger charge is -1.96. The fraction of sp³-hybridized carbons (Fsp3) is 0. The van der Waals surface area contributed by atoms with Gasteiger partial charge in [0, 0.05) is 18.5 Å². The van der Waals surface area contributed by atoms with Crippen molar-refractivity contribution in [1.29, 1.82) is 0 Å². The molecule has 14 heavy (non-hydrogen) atoms. The Bertz CT molecular complexity index is 555. The fourth-order valence-corrected chi connectivity index (χ4v) is 1.86. The van der Waals surface area contributed by atoms with Crippen molar-refractivity contribution in [2.75, 3.05) is 0 Å². The second-order valence-electron chi connectivity index (χ2n) is 2.82. The van der Waals surface area contributed by atoms with E-state index in [2.05, 4.69) is 14.5 Å². The Morgan fingerprint density at radius 3 is 3.00 bits per heavy atom. The molecule has 0 bridgehead atoms. The van der Waals surface area contributed by atoms with Crippen molar-refractivity contribution < 1.29 is 0 Å². The van der Waals surface area contributed by atoms with Gasteiger partial charge in [0.25, 0.3) is 0 Å². The van der Waals surface area contributed by atoms with Crippen molar-refractivity contribution >= 4 is 17.2 Å². The molecule has 0 fully saturated rings. The van der Waals surface area contributed by atoms with Gasteiger partial charge in [-0.3, -0.25) is 0 Å².